The molecule has 3 fully saturated rings. The van der Waals surface area contributed by atoms with Crippen molar-refractivity contribution in [2.24, 2.45) is 5.92 Å². The third kappa shape index (κ3) is 21.4. The number of likely N-dealkylation sites (N-methyl/N-ethyl adjacent to an activating group) is 2. The van der Waals surface area contributed by atoms with Crippen LogP contribution in [-0.2, 0) is 41.4 Å². The van der Waals surface area contributed by atoms with Crippen molar-refractivity contribution in [2.75, 3.05) is 60.3 Å². The Balaban J connectivity index is 0.000000488. The van der Waals surface area contributed by atoms with Gasteiger partial charge in [-0.2, -0.15) is 10.5 Å². The van der Waals surface area contributed by atoms with Crippen molar-refractivity contribution in [1.82, 2.24) is 24.6 Å². The molecule has 0 saturated carbocycles. The average molecular weight is 979 g/mol. The third-order valence-electron chi connectivity index (χ3n) is 10.8. The Kier molecular flexibility index (Phi) is 32.2. The van der Waals surface area contributed by atoms with Crippen LogP contribution >= 0.6 is 25.6 Å². The van der Waals surface area contributed by atoms with E-state index in [9.17, 15) is 0 Å². The molecule has 0 aromatic rings. The number of ether oxygens (including phenoxy) is 3. The van der Waals surface area contributed by atoms with Crippen molar-refractivity contribution in [2.45, 2.75) is 209 Å². The van der Waals surface area contributed by atoms with E-state index in [1.165, 1.54) is 0 Å². The molecule has 6 unspecified atom stereocenters. The summed E-state index contributed by atoms with van der Waals surface area (Å²) in [6.07, 6.45) is 0.990. The maximum absolute atomic E-state index is 8.73. The maximum Gasteiger partial charge on any atom is 0.259 e. The summed E-state index contributed by atoms with van der Waals surface area (Å²) in [7, 11) is 0.242. The molecule has 65 heavy (non-hydrogen) atoms. The molecule has 378 valence electrons. The Morgan fingerprint density at radius 1 is 0.585 bits per heavy atom. The Morgan fingerprint density at radius 3 is 1.37 bits per heavy atom. The highest BCUT2D eigenvalue weighted by Crippen LogP contribution is 2.51. The van der Waals surface area contributed by atoms with Crippen molar-refractivity contribution < 1.29 is 41.4 Å². The molecular weight excluding hydrogens is 889 g/mol. The van der Waals surface area contributed by atoms with Crippen LogP contribution in [0, 0.1) is 35.2 Å². The molecule has 3 aliphatic heterocycles. The molecule has 0 spiro atoms. The Bertz CT molecular complexity index is 1360. The van der Waals surface area contributed by atoms with Crippen LogP contribution in [0.4, 0.5) is 0 Å². The summed E-state index contributed by atoms with van der Waals surface area (Å²) in [6, 6.07) is 6.45. The summed E-state index contributed by atoms with van der Waals surface area (Å²) < 4.78 is 60.5. The predicted octanol–water partition coefficient (Wildman–Crippen LogP) is 9.02. The molecule has 0 amide bonds. The highest BCUT2D eigenvalue weighted by molar-refractivity contribution is 7.45. The lowest BCUT2D eigenvalue weighted by atomic mass is 10.1. The van der Waals surface area contributed by atoms with Gasteiger partial charge in [-0.05, 0) is 118 Å². The number of nitrogens with one attached hydrogen (secondary N) is 2. The van der Waals surface area contributed by atoms with E-state index in [-0.39, 0.29) is 48.7 Å². The van der Waals surface area contributed by atoms with Crippen LogP contribution in [-0.4, -0.2) is 159 Å². The van der Waals surface area contributed by atoms with Crippen LogP contribution in [0.3, 0.4) is 0 Å². The first kappa shape index (κ1) is 62.2. The van der Waals surface area contributed by atoms with Crippen LogP contribution in [0.2, 0.25) is 0 Å². The van der Waals surface area contributed by atoms with Gasteiger partial charge in [0.25, 0.3) is 25.6 Å². The number of rotatable bonds is 26. The monoisotopic (exact) mass is 979 g/mol. The Morgan fingerprint density at radius 2 is 0.985 bits per heavy atom. The molecule has 0 radical (unpaired) electrons. The van der Waals surface area contributed by atoms with E-state index >= 15 is 0 Å². The zero-order chi connectivity index (χ0) is 49.4. The SMILES string of the molecule is CC1OC[C@H](C)[C@@H]1OP(OCCC#N)N(C(C)C)C(C)C.CN[C@@H]1C(C)OC[C@@H]1OP(OCCC#N)N(C(C)C)C(C)C.[C-]#[N+]CCOP(O[C@@H]1C(C)OC[C@@H]1NC)N(C(C)C)C(C)C. The summed E-state index contributed by atoms with van der Waals surface area (Å²) in [4.78, 5) is 3.36. The van der Waals surface area contributed by atoms with Crippen molar-refractivity contribution >= 4 is 25.6 Å². The number of hydrogen-bond donors (Lipinski definition) is 2. The van der Waals surface area contributed by atoms with E-state index in [0.29, 0.717) is 94.6 Å². The summed E-state index contributed by atoms with van der Waals surface area (Å²) >= 11 is 0. The minimum atomic E-state index is -1.21. The number of hydrogen-bond acceptors (Lipinski definition) is 16. The van der Waals surface area contributed by atoms with E-state index in [0.717, 1.165) is 6.61 Å². The van der Waals surface area contributed by atoms with Gasteiger partial charge in [-0.15, -0.1) is 0 Å². The first-order valence-corrected chi connectivity index (χ1v) is 27.0. The molecule has 12 atom stereocenters. The summed E-state index contributed by atoms with van der Waals surface area (Å²) in [5, 5.41) is 24.0. The molecular formula is C45H89N8O9P3. The summed E-state index contributed by atoms with van der Waals surface area (Å²) in [5.41, 5.74) is 0. The molecule has 0 aliphatic carbocycles. The van der Waals surface area contributed by atoms with Crippen LogP contribution < -0.4 is 10.6 Å². The van der Waals surface area contributed by atoms with Gasteiger partial charge in [-0.25, -0.2) is 20.6 Å². The first-order valence-electron chi connectivity index (χ1n) is 23.6. The maximum atomic E-state index is 8.73. The van der Waals surface area contributed by atoms with Gasteiger partial charge in [0.05, 0.1) is 94.5 Å². The standard InChI is InChI=1S/2C15H30N3O3P.C15H29N2O3P/c1-11(2)18(12(3)4)22(20-9-8-16-6)21-15-13(5)19-10-14(15)17-7;1-11(2)18(12(3)4)22(20-9-7-8-16)21-14-10-19-13(5)15(14)17-6;1-11(2)17(12(3)4)21(19-9-7-8-16)20-15-13(5)10-18-14(15)6/h11-15,17H,8-10H2,1-5,7H3;11-15,17H,7,9-10H2,1-6H3;11-15H,7,9-10H2,1-6H3/t2*13?,14-,15+,22?;13-,14?,15-,21?/m000/s1. The summed E-state index contributed by atoms with van der Waals surface area (Å²) in [6.45, 7) is 44.4. The van der Waals surface area contributed by atoms with Crippen molar-refractivity contribution in [3.8, 4) is 12.1 Å². The summed E-state index contributed by atoms with van der Waals surface area (Å²) in [5.74, 6) is 0.366. The quantitative estimate of drug-likeness (QED) is 0.0478. The molecule has 0 aromatic carbocycles. The molecule has 3 heterocycles. The molecule has 20 heteroatoms. The molecule has 2 N–H and O–H groups in total. The van der Waals surface area contributed by atoms with E-state index in [2.05, 4.69) is 132 Å². The average Bonchev–Trinajstić information content (AvgIpc) is 3.88. The fourth-order valence-electron chi connectivity index (χ4n) is 7.80. The van der Waals surface area contributed by atoms with E-state index in [4.69, 9.17) is 58.4 Å². The minimum Gasteiger partial charge on any atom is -0.375 e. The highest BCUT2D eigenvalue weighted by atomic mass is 31.2. The fourth-order valence-corrected chi connectivity index (χ4v) is 13.2. The zero-order valence-electron chi connectivity index (χ0n) is 43.2. The lowest BCUT2D eigenvalue weighted by Gasteiger charge is -2.37. The third-order valence-corrected chi connectivity index (χ3v) is 17.2. The number of nitriles is 2. The van der Waals surface area contributed by atoms with Crippen molar-refractivity contribution in [1.29, 1.82) is 10.5 Å². The Labute approximate surface area is 399 Å². The van der Waals surface area contributed by atoms with Crippen LogP contribution in [0.15, 0.2) is 0 Å². The van der Waals surface area contributed by atoms with Crippen molar-refractivity contribution in [3.63, 3.8) is 0 Å². The Hall–Kier alpha value is -0.800. The second kappa shape index (κ2) is 33.7. The smallest absolute Gasteiger partial charge is 0.259 e. The van der Waals surface area contributed by atoms with Gasteiger partial charge in [0.15, 0.2) is 0 Å². The molecule has 0 aromatic heterocycles. The van der Waals surface area contributed by atoms with Crippen LogP contribution in [0.5, 0.6) is 0 Å². The van der Waals surface area contributed by atoms with Crippen molar-refractivity contribution in [3.05, 3.63) is 11.4 Å². The normalized spacial score (nSPS) is 27.0. The second-order valence-corrected chi connectivity index (χ2v) is 22.4. The van der Waals surface area contributed by atoms with Crippen LogP contribution in [0.25, 0.3) is 4.85 Å². The van der Waals surface area contributed by atoms with Gasteiger partial charge in [0.2, 0.25) is 6.54 Å². The molecule has 3 rings (SSSR count). The molecule has 3 saturated heterocycles. The molecule has 0 bridgehead atoms. The first-order chi connectivity index (χ1) is 30.7. The molecule has 3 aliphatic rings. The lowest BCUT2D eigenvalue weighted by Crippen LogP contribution is -2.43. The van der Waals surface area contributed by atoms with Gasteiger partial charge in [-0.1, -0.05) is 6.92 Å². The zero-order valence-corrected chi connectivity index (χ0v) is 45.9. The van der Waals surface area contributed by atoms with Gasteiger partial charge in [0.1, 0.15) is 18.8 Å². The predicted molar refractivity (Wildman–Crippen MR) is 263 cm³/mol. The largest absolute Gasteiger partial charge is 0.375 e. The lowest BCUT2D eigenvalue weighted by molar-refractivity contribution is 0.0517. The fraction of sp³-hybridized carbons (Fsp3) is 0.933. The minimum absolute atomic E-state index is 0.0341. The highest BCUT2D eigenvalue weighted by Gasteiger charge is 2.42. The van der Waals surface area contributed by atoms with E-state index in [1.54, 1.807) is 0 Å². The second-order valence-electron chi connectivity index (χ2n) is 18.2. The topological polar surface area (TPSA) is 169 Å². The molecule has 17 nitrogen and oxygen atoms in total. The van der Waals surface area contributed by atoms with Crippen LogP contribution in [0.1, 0.15) is 124 Å². The van der Waals surface area contributed by atoms with Gasteiger partial charge in [0, 0.05) is 42.2 Å². The van der Waals surface area contributed by atoms with E-state index < -0.39 is 25.6 Å². The van der Waals surface area contributed by atoms with Gasteiger partial charge < -0.3 is 56.8 Å². The van der Waals surface area contributed by atoms with Gasteiger partial charge in [-0.3, -0.25) is 0 Å². The van der Waals surface area contributed by atoms with E-state index in [1.807, 2.05) is 34.9 Å². The van der Waals surface area contributed by atoms with Gasteiger partial charge >= 0.3 is 0 Å². The number of nitrogens with zero attached hydrogens (tertiary/aromatic N) is 6.